The van der Waals surface area contributed by atoms with Crippen LogP contribution in [0.3, 0.4) is 0 Å². The van der Waals surface area contributed by atoms with Gasteiger partial charge in [0.1, 0.15) is 10.7 Å². The van der Waals surface area contributed by atoms with Gasteiger partial charge in [-0.15, -0.1) is 11.3 Å². The number of aldehydes is 1. The molecule has 1 aliphatic heterocycles. The van der Waals surface area contributed by atoms with E-state index in [1.807, 2.05) is 17.1 Å². The van der Waals surface area contributed by atoms with E-state index in [0.717, 1.165) is 11.3 Å². The van der Waals surface area contributed by atoms with Crippen LogP contribution in [0.25, 0.3) is 0 Å². The standard InChI is InChI=1S/C8H9NOS2/c10-4-6-5-12-8(9-6)7-2-1-3-11-7/h4-5,7H,1-3H2. The molecule has 4 heteroatoms. The molecule has 12 heavy (non-hydrogen) atoms. The minimum absolute atomic E-state index is 0.559. The summed E-state index contributed by atoms with van der Waals surface area (Å²) in [5.41, 5.74) is 0.586. The smallest absolute Gasteiger partial charge is 0.169 e. The van der Waals surface area contributed by atoms with Crippen molar-refractivity contribution in [3.05, 3.63) is 16.1 Å². The second-order valence-corrected chi connectivity index (χ2v) is 4.93. The second-order valence-electron chi connectivity index (χ2n) is 2.73. The Bertz CT molecular complexity index is 278. The molecule has 0 saturated carbocycles. The van der Waals surface area contributed by atoms with Gasteiger partial charge in [0.05, 0.1) is 5.25 Å². The van der Waals surface area contributed by atoms with Gasteiger partial charge in [0, 0.05) is 5.38 Å². The third kappa shape index (κ3) is 1.54. The van der Waals surface area contributed by atoms with Crippen LogP contribution in [0.2, 0.25) is 0 Å². The molecule has 0 aliphatic carbocycles. The van der Waals surface area contributed by atoms with Gasteiger partial charge in [0.2, 0.25) is 0 Å². The van der Waals surface area contributed by atoms with Crippen LogP contribution in [0.1, 0.15) is 33.6 Å². The Hall–Kier alpha value is -0.350. The highest BCUT2D eigenvalue weighted by atomic mass is 32.2. The highest BCUT2D eigenvalue weighted by molar-refractivity contribution is 7.99. The fraction of sp³-hybridized carbons (Fsp3) is 0.500. The Labute approximate surface area is 79.4 Å². The lowest BCUT2D eigenvalue weighted by atomic mass is 10.3. The lowest BCUT2D eigenvalue weighted by Gasteiger charge is -2.01. The lowest BCUT2D eigenvalue weighted by molar-refractivity contribution is 0.111. The molecular weight excluding hydrogens is 190 g/mol. The summed E-state index contributed by atoms with van der Waals surface area (Å²) in [5.74, 6) is 1.24. The van der Waals surface area contributed by atoms with Gasteiger partial charge in [-0.3, -0.25) is 4.79 Å². The van der Waals surface area contributed by atoms with Gasteiger partial charge in [-0.1, -0.05) is 0 Å². The number of rotatable bonds is 2. The van der Waals surface area contributed by atoms with E-state index in [0.29, 0.717) is 10.9 Å². The summed E-state index contributed by atoms with van der Waals surface area (Å²) in [6.07, 6.45) is 3.32. The molecule has 2 heterocycles. The summed E-state index contributed by atoms with van der Waals surface area (Å²) in [4.78, 5) is 14.6. The SMILES string of the molecule is O=Cc1csc(C2CCCS2)n1. The molecule has 2 rings (SSSR count). The van der Waals surface area contributed by atoms with Crippen molar-refractivity contribution in [3.63, 3.8) is 0 Å². The number of hydrogen-bond acceptors (Lipinski definition) is 4. The molecule has 1 unspecified atom stereocenters. The van der Waals surface area contributed by atoms with Gasteiger partial charge in [-0.2, -0.15) is 11.8 Å². The van der Waals surface area contributed by atoms with Crippen molar-refractivity contribution in [1.82, 2.24) is 4.98 Å². The van der Waals surface area contributed by atoms with Crippen molar-refractivity contribution < 1.29 is 4.79 Å². The fourth-order valence-electron chi connectivity index (χ4n) is 1.28. The monoisotopic (exact) mass is 199 g/mol. The van der Waals surface area contributed by atoms with E-state index in [2.05, 4.69) is 4.98 Å². The number of carbonyl (C=O) groups excluding carboxylic acids is 1. The zero-order valence-corrected chi connectivity index (χ0v) is 8.16. The first-order valence-corrected chi connectivity index (χ1v) is 5.85. The Kier molecular flexibility index (Phi) is 2.46. The van der Waals surface area contributed by atoms with Crippen LogP contribution < -0.4 is 0 Å². The first-order valence-electron chi connectivity index (χ1n) is 3.92. The number of thioether (sulfide) groups is 1. The van der Waals surface area contributed by atoms with Crippen molar-refractivity contribution in [2.45, 2.75) is 18.1 Å². The Balaban J connectivity index is 2.16. The molecule has 1 atom stereocenters. The lowest BCUT2D eigenvalue weighted by Crippen LogP contribution is -1.87. The van der Waals surface area contributed by atoms with E-state index in [9.17, 15) is 4.79 Å². The maximum absolute atomic E-state index is 10.4. The third-order valence-corrected chi connectivity index (χ3v) is 4.38. The van der Waals surface area contributed by atoms with E-state index in [4.69, 9.17) is 0 Å². The average Bonchev–Trinajstić information content (AvgIpc) is 2.75. The minimum Gasteiger partial charge on any atom is -0.296 e. The molecule has 0 aromatic carbocycles. The number of hydrogen-bond donors (Lipinski definition) is 0. The summed E-state index contributed by atoms with van der Waals surface area (Å²) >= 11 is 3.56. The Morgan fingerprint density at radius 2 is 2.58 bits per heavy atom. The number of carbonyl (C=O) groups is 1. The summed E-state index contributed by atoms with van der Waals surface area (Å²) in [7, 11) is 0. The van der Waals surface area contributed by atoms with E-state index >= 15 is 0 Å². The number of aromatic nitrogens is 1. The Morgan fingerprint density at radius 1 is 1.67 bits per heavy atom. The molecule has 0 N–H and O–H groups in total. The van der Waals surface area contributed by atoms with Gasteiger partial charge in [-0.25, -0.2) is 4.98 Å². The molecule has 0 spiro atoms. The number of nitrogens with zero attached hydrogens (tertiary/aromatic N) is 1. The topological polar surface area (TPSA) is 30.0 Å². The van der Waals surface area contributed by atoms with E-state index < -0.39 is 0 Å². The second kappa shape index (κ2) is 3.58. The Morgan fingerprint density at radius 3 is 3.17 bits per heavy atom. The summed E-state index contributed by atoms with van der Waals surface area (Å²) in [6.45, 7) is 0. The first-order chi connectivity index (χ1) is 5.90. The van der Waals surface area contributed by atoms with E-state index in [1.165, 1.54) is 18.6 Å². The molecule has 1 aromatic rings. The molecule has 0 bridgehead atoms. The van der Waals surface area contributed by atoms with Crippen molar-refractivity contribution in [2.75, 3.05) is 5.75 Å². The van der Waals surface area contributed by atoms with Crippen molar-refractivity contribution in [2.24, 2.45) is 0 Å². The molecule has 64 valence electrons. The molecule has 1 fully saturated rings. The predicted molar refractivity (Wildman–Crippen MR) is 51.9 cm³/mol. The van der Waals surface area contributed by atoms with E-state index in [-0.39, 0.29) is 0 Å². The maximum atomic E-state index is 10.4. The molecular formula is C8H9NOS2. The van der Waals surface area contributed by atoms with Crippen LogP contribution in [0.15, 0.2) is 5.38 Å². The first kappa shape index (κ1) is 8.26. The van der Waals surface area contributed by atoms with Crippen LogP contribution in [-0.2, 0) is 0 Å². The third-order valence-electron chi connectivity index (χ3n) is 1.87. The van der Waals surface area contributed by atoms with Crippen molar-refractivity contribution in [3.8, 4) is 0 Å². The van der Waals surface area contributed by atoms with Crippen molar-refractivity contribution >= 4 is 29.4 Å². The van der Waals surface area contributed by atoms with Gasteiger partial charge >= 0.3 is 0 Å². The largest absolute Gasteiger partial charge is 0.296 e. The van der Waals surface area contributed by atoms with Gasteiger partial charge < -0.3 is 0 Å². The summed E-state index contributed by atoms with van der Waals surface area (Å²) in [5, 5.41) is 3.52. The maximum Gasteiger partial charge on any atom is 0.169 e. The van der Waals surface area contributed by atoms with Gasteiger partial charge in [0.25, 0.3) is 0 Å². The van der Waals surface area contributed by atoms with Crippen molar-refractivity contribution in [1.29, 1.82) is 0 Å². The van der Waals surface area contributed by atoms with Gasteiger partial charge in [-0.05, 0) is 18.6 Å². The van der Waals surface area contributed by atoms with Crippen LogP contribution in [0.4, 0.5) is 0 Å². The highest BCUT2D eigenvalue weighted by Gasteiger charge is 2.20. The molecule has 1 aromatic heterocycles. The molecule has 1 aliphatic rings. The van der Waals surface area contributed by atoms with Crippen LogP contribution in [-0.4, -0.2) is 17.0 Å². The quantitative estimate of drug-likeness (QED) is 0.685. The molecule has 2 nitrogen and oxygen atoms in total. The van der Waals surface area contributed by atoms with Crippen LogP contribution in [0, 0.1) is 0 Å². The molecule has 0 amide bonds. The minimum atomic E-state index is 0.559. The normalized spacial score (nSPS) is 22.8. The summed E-state index contributed by atoms with van der Waals surface area (Å²) < 4.78 is 0. The van der Waals surface area contributed by atoms with Crippen LogP contribution >= 0.6 is 23.1 Å². The highest BCUT2D eigenvalue weighted by Crippen LogP contribution is 2.40. The zero-order chi connectivity index (χ0) is 8.39. The zero-order valence-electron chi connectivity index (χ0n) is 6.53. The van der Waals surface area contributed by atoms with Gasteiger partial charge in [0.15, 0.2) is 6.29 Å². The average molecular weight is 199 g/mol. The summed E-state index contributed by atoms with van der Waals surface area (Å²) in [6, 6.07) is 0. The predicted octanol–water partition coefficient (Wildman–Crippen LogP) is 2.52. The molecule has 0 radical (unpaired) electrons. The van der Waals surface area contributed by atoms with Crippen LogP contribution in [0.5, 0.6) is 0 Å². The molecule has 1 saturated heterocycles. The number of thiazole rings is 1. The fourth-order valence-corrected chi connectivity index (χ4v) is 3.57. The van der Waals surface area contributed by atoms with E-state index in [1.54, 1.807) is 11.3 Å².